The Labute approximate surface area is 184 Å². The second kappa shape index (κ2) is 7.01. The Balaban J connectivity index is 1.30. The Bertz CT molecular complexity index is 1330. The normalized spacial score (nSPS) is 23.5. The summed E-state index contributed by atoms with van der Waals surface area (Å²) in [6, 6.07) is 8.10. The van der Waals surface area contributed by atoms with Crippen molar-refractivity contribution in [3.63, 3.8) is 0 Å². The summed E-state index contributed by atoms with van der Waals surface area (Å²) in [5, 5.41) is 14.2. The zero-order valence-corrected chi connectivity index (χ0v) is 18.4. The van der Waals surface area contributed by atoms with E-state index in [0.29, 0.717) is 29.3 Å². The lowest BCUT2D eigenvalue weighted by Gasteiger charge is -2.36. The Morgan fingerprint density at radius 1 is 1.16 bits per heavy atom. The summed E-state index contributed by atoms with van der Waals surface area (Å²) in [6.07, 6.45) is 10.8. The van der Waals surface area contributed by atoms with Gasteiger partial charge in [0, 0.05) is 36.1 Å². The van der Waals surface area contributed by atoms with Crippen molar-refractivity contribution in [3.05, 3.63) is 42.0 Å². The molecule has 0 aromatic carbocycles. The van der Waals surface area contributed by atoms with Crippen LogP contribution >= 0.6 is 11.3 Å². The van der Waals surface area contributed by atoms with E-state index in [9.17, 15) is 5.26 Å². The van der Waals surface area contributed by atoms with Crippen LogP contribution in [0.3, 0.4) is 0 Å². The largest absolute Gasteiger partial charge is 0.359 e. The summed E-state index contributed by atoms with van der Waals surface area (Å²) in [7, 11) is 2.27. The third-order valence-corrected chi connectivity index (χ3v) is 7.74. The van der Waals surface area contributed by atoms with Gasteiger partial charge in [-0.15, -0.1) is 0 Å². The number of aromatic nitrogens is 4. The molecule has 2 fully saturated rings. The van der Waals surface area contributed by atoms with Crippen LogP contribution in [0, 0.1) is 18.3 Å². The number of imidazole rings is 1. The van der Waals surface area contributed by atoms with Gasteiger partial charge in [-0.2, -0.15) is 5.26 Å². The van der Waals surface area contributed by atoms with Gasteiger partial charge in [-0.3, -0.25) is 4.98 Å². The molecular weight excluding hydrogens is 406 g/mol. The first kappa shape index (κ1) is 18.7. The highest BCUT2D eigenvalue weighted by atomic mass is 32.1. The van der Waals surface area contributed by atoms with Crippen LogP contribution in [0.4, 0.5) is 5.13 Å². The van der Waals surface area contributed by atoms with Crippen molar-refractivity contribution >= 4 is 32.3 Å². The summed E-state index contributed by atoms with van der Waals surface area (Å²) in [5.41, 5.74) is 4.77. The van der Waals surface area contributed by atoms with E-state index in [2.05, 4.69) is 39.4 Å². The molecule has 2 aliphatic heterocycles. The molecule has 7 nitrogen and oxygen atoms in total. The fourth-order valence-corrected chi connectivity index (χ4v) is 6.15. The zero-order chi connectivity index (χ0) is 21.1. The topological polar surface area (TPSA) is 82.1 Å². The quantitative estimate of drug-likeness (QED) is 0.525. The molecule has 1 unspecified atom stereocenters. The van der Waals surface area contributed by atoms with Gasteiger partial charge < -0.3 is 14.6 Å². The highest BCUT2D eigenvalue weighted by molar-refractivity contribution is 7.22. The molecule has 2 bridgehead atoms. The van der Waals surface area contributed by atoms with Crippen LogP contribution < -0.4 is 5.32 Å². The summed E-state index contributed by atoms with van der Waals surface area (Å²) >= 11 is 1.68. The molecule has 6 rings (SSSR count). The molecule has 31 heavy (non-hydrogen) atoms. The Kier molecular flexibility index (Phi) is 4.23. The van der Waals surface area contributed by atoms with Gasteiger partial charge in [0.05, 0.1) is 27.8 Å². The SMILES string of the molecule is Cc1cn2cc(-c3cc4sc(NC5C[C@H]6CC[C@@H](C5)N6C)nc4cn3)cc(C#N)c2n1. The standard InChI is InChI=1S/C23H23N7S/c1-13-11-30-12-15(5-14(9-24)22(30)26-13)19-8-21-20(10-25-19)28-23(31-21)27-16-6-17-3-4-18(7-16)29(17)2/h5,8,10-12,16-18H,3-4,6-7H2,1-2H3,(H,27,28)/t16?,17-,18+. The van der Waals surface area contributed by atoms with E-state index in [1.54, 1.807) is 11.3 Å². The second-order valence-electron chi connectivity index (χ2n) is 8.79. The van der Waals surface area contributed by atoms with Crippen molar-refractivity contribution in [2.75, 3.05) is 12.4 Å². The maximum Gasteiger partial charge on any atom is 0.184 e. The molecule has 3 atom stereocenters. The lowest BCUT2D eigenvalue weighted by atomic mass is 9.98. The average molecular weight is 430 g/mol. The van der Waals surface area contributed by atoms with Crippen LogP contribution in [-0.2, 0) is 0 Å². The lowest BCUT2D eigenvalue weighted by molar-refractivity contribution is 0.169. The Hall–Kier alpha value is -3.02. The van der Waals surface area contributed by atoms with Crippen LogP contribution in [0.15, 0.2) is 30.7 Å². The number of aryl methyl sites for hydroxylation is 1. The highest BCUT2D eigenvalue weighted by Crippen LogP contribution is 2.37. The molecule has 0 spiro atoms. The fourth-order valence-electron chi connectivity index (χ4n) is 5.20. The molecule has 2 aliphatic rings. The molecule has 8 heteroatoms. The first-order valence-electron chi connectivity index (χ1n) is 10.7. The highest BCUT2D eigenvalue weighted by Gasteiger charge is 2.38. The number of piperidine rings is 1. The molecule has 2 saturated heterocycles. The van der Waals surface area contributed by atoms with Crippen molar-refractivity contribution in [1.29, 1.82) is 5.26 Å². The van der Waals surface area contributed by atoms with E-state index in [-0.39, 0.29) is 0 Å². The molecule has 4 aromatic heterocycles. The van der Waals surface area contributed by atoms with E-state index in [4.69, 9.17) is 4.98 Å². The molecule has 156 valence electrons. The number of anilines is 1. The summed E-state index contributed by atoms with van der Waals surface area (Å²) in [4.78, 5) is 16.4. The third-order valence-electron chi connectivity index (χ3n) is 6.79. The molecule has 6 heterocycles. The van der Waals surface area contributed by atoms with Crippen LogP contribution in [-0.4, -0.2) is 49.4 Å². The predicted molar refractivity (Wildman–Crippen MR) is 122 cm³/mol. The predicted octanol–water partition coefficient (Wildman–Crippen LogP) is 4.22. The maximum absolute atomic E-state index is 9.56. The molecule has 4 aromatic rings. The van der Waals surface area contributed by atoms with Crippen LogP contribution in [0.1, 0.15) is 36.9 Å². The summed E-state index contributed by atoms with van der Waals surface area (Å²) in [6.45, 7) is 1.93. The maximum atomic E-state index is 9.56. The number of nitriles is 1. The molecular formula is C23H23N7S. The van der Waals surface area contributed by atoms with Gasteiger partial charge >= 0.3 is 0 Å². The average Bonchev–Trinajstić information content (AvgIpc) is 3.38. The van der Waals surface area contributed by atoms with Gasteiger partial charge in [0.2, 0.25) is 0 Å². The minimum atomic E-state index is 0.492. The van der Waals surface area contributed by atoms with E-state index in [1.165, 1.54) is 25.7 Å². The smallest absolute Gasteiger partial charge is 0.184 e. The van der Waals surface area contributed by atoms with Crippen molar-refractivity contribution < 1.29 is 0 Å². The lowest BCUT2D eigenvalue weighted by Crippen LogP contribution is -2.44. The minimum absolute atomic E-state index is 0.492. The van der Waals surface area contributed by atoms with Crippen molar-refractivity contribution in [1.82, 2.24) is 24.3 Å². The third kappa shape index (κ3) is 3.16. The number of thiazole rings is 1. The van der Waals surface area contributed by atoms with Crippen LogP contribution in [0.5, 0.6) is 0 Å². The summed E-state index contributed by atoms with van der Waals surface area (Å²) < 4.78 is 3.01. The Morgan fingerprint density at radius 2 is 1.97 bits per heavy atom. The number of pyridine rings is 2. The van der Waals surface area contributed by atoms with Gasteiger partial charge in [0.25, 0.3) is 0 Å². The van der Waals surface area contributed by atoms with Gasteiger partial charge in [0.1, 0.15) is 11.6 Å². The number of nitrogens with zero attached hydrogens (tertiary/aromatic N) is 6. The minimum Gasteiger partial charge on any atom is -0.359 e. The van der Waals surface area contributed by atoms with Gasteiger partial charge in [-0.1, -0.05) is 11.3 Å². The van der Waals surface area contributed by atoms with Crippen molar-refractivity contribution in [2.45, 2.75) is 50.7 Å². The fraction of sp³-hybridized carbons (Fsp3) is 0.391. The number of rotatable bonds is 3. The number of hydrogen-bond donors (Lipinski definition) is 1. The monoisotopic (exact) mass is 429 g/mol. The second-order valence-corrected chi connectivity index (χ2v) is 9.82. The number of nitrogens with one attached hydrogen (secondary N) is 1. The first-order valence-corrected chi connectivity index (χ1v) is 11.5. The van der Waals surface area contributed by atoms with Crippen molar-refractivity contribution in [3.8, 4) is 17.3 Å². The Morgan fingerprint density at radius 3 is 2.74 bits per heavy atom. The van der Waals surface area contributed by atoms with Gasteiger partial charge in [-0.25, -0.2) is 9.97 Å². The summed E-state index contributed by atoms with van der Waals surface area (Å²) in [5.74, 6) is 0. The van der Waals surface area contributed by atoms with E-state index in [0.717, 1.165) is 32.3 Å². The van der Waals surface area contributed by atoms with Crippen LogP contribution in [0.2, 0.25) is 0 Å². The molecule has 0 amide bonds. The van der Waals surface area contributed by atoms with E-state index < -0.39 is 0 Å². The van der Waals surface area contributed by atoms with E-state index >= 15 is 0 Å². The molecule has 1 N–H and O–H groups in total. The van der Waals surface area contributed by atoms with Crippen LogP contribution in [0.25, 0.3) is 27.1 Å². The molecule has 0 radical (unpaired) electrons. The van der Waals surface area contributed by atoms with E-state index in [1.807, 2.05) is 36.0 Å². The first-order chi connectivity index (χ1) is 15.1. The number of hydrogen-bond acceptors (Lipinski definition) is 7. The zero-order valence-electron chi connectivity index (χ0n) is 17.5. The van der Waals surface area contributed by atoms with Gasteiger partial charge in [-0.05, 0) is 51.8 Å². The number of fused-ring (bicyclic) bond motifs is 4. The van der Waals surface area contributed by atoms with Gasteiger partial charge in [0.15, 0.2) is 10.8 Å². The molecule has 0 saturated carbocycles. The molecule has 0 aliphatic carbocycles. The van der Waals surface area contributed by atoms with Crippen molar-refractivity contribution in [2.24, 2.45) is 0 Å².